The zero-order chi connectivity index (χ0) is 13.0. The van der Waals surface area contributed by atoms with E-state index in [2.05, 4.69) is 35.2 Å². The minimum Gasteiger partial charge on any atom is -0.409 e. The maximum absolute atomic E-state index is 8.51. The van der Waals surface area contributed by atoms with Gasteiger partial charge in [0.05, 0.1) is 0 Å². The summed E-state index contributed by atoms with van der Waals surface area (Å²) < 4.78 is 0. The first-order valence-corrected chi connectivity index (χ1v) is 6.51. The number of fused-ring (bicyclic) bond motifs is 1. The number of rotatable bonds is 4. The van der Waals surface area contributed by atoms with Crippen molar-refractivity contribution in [3.63, 3.8) is 0 Å². The molecule has 0 aromatic heterocycles. The third-order valence-corrected chi connectivity index (χ3v) is 3.44. The molecule has 18 heavy (non-hydrogen) atoms. The smallest absolute Gasteiger partial charge is 0.139 e. The molecule has 1 aromatic carbocycles. The first kappa shape index (κ1) is 12.7. The van der Waals surface area contributed by atoms with Crippen molar-refractivity contribution in [3.05, 3.63) is 29.3 Å². The Morgan fingerprint density at radius 1 is 1.50 bits per heavy atom. The maximum atomic E-state index is 8.51. The van der Waals surface area contributed by atoms with E-state index < -0.39 is 0 Å². The Kier molecular flexibility index (Phi) is 4.07. The predicted octanol–water partition coefficient (Wildman–Crippen LogP) is 2.27. The molecule has 0 aliphatic carbocycles. The maximum Gasteiger partial charge on any atom is 0.139 e. The number of benzene rings is 1. The molecule has 1 aliphatic rings. The average molecular weight is 247 g/mol. The molecule has 0 fully saturated rings. The molecule has 0 atom stereocenters. The van der Waals surface area contributed by atoms with Crippen LogP contribution in [0.25, 0.3) is 0 Å². The van der Waals surface area contributed by atoms with Crippen LogP contribution in [0.1, 0.15) is 30.4 Å². The second-order valence-electron chi connectivity index (χ2n) is 4.92. The zero-order valence-corrected chi connectivity index (χ0v) is 10.9. The molecule has 0 unspecified atom stereocenters. The zero-order valence-electron chi connectivity index (χ0n) is 10.9. The molecule has 0 radical (unpaired) electrons. The van der Waals surface area contributed by atoms with Crippen LogP contribution in [0.3, 0.4) is 0 Å². The van der Waals surface area contributed by atoms with Gasteiger partial charge >= 0.3 is 0 Å². The fourth-order valence-corrected chi connectivity index (χ4v) is 2.54. The largest absolute Gasteiger partial charge is 0.409 e. The van der Waals surface area contributed by atoms with Gasteiger partial charge in [0.1, 0.15) is 5.84 Å². The molecular weight excluding hydrogens is 226 g/mol. The van der Waals surface area contributed by atoms with Crippen molar-refractivity contribution in [3.8, 4) is 0 Å². The number of aryl methyl sites for hydroxylation is 2. The predicted molar refractivity (Wildman–Crippen MR) is 74.4 cm³/mol. The molecule has 3 N–H and O–H groups in total. The third kappa shape index (κ3) is 2.94. The van der Waals surface area contributed by atoms with Crippen LogP contribution >= 0.6 is 0 Å². The topological polar surface area (TPSA) is 61.8 Å². The molecule has 1 aromatic rings. The quantitative estimate of drug-likeness (QED) is 0.371. The van der Waals surface area contributed by atoms with Gasteiger partial charge in [-0.15, -0.1) is 0 Å². The lowest BCUT2D eigenvalue weighted by Gasteiger charge is -2.31. The molecule has 98 valence electrons. The van der Waals surface area contributed by atoms with Crippen LogP contribution in [0.15, 0.2) is 23.4 Å². The van der Waals surface area contributed by atoms with Crippen LogP contribution in [0.2, 0.25) is 0 Å². The van der Waals surface area contributed by atoms with Crippen LogP contribution < -0.4 is 10.6 Å². The number of hydrogen-bond acceptors (Lipinski definition) is 3. The van der Waals surface area contributed by atoms with E-state index in [-0.39, 0.29) is 0 Å². The first-order valence-electron chi connectivity index (χ1n) is 6.51. The second kappa shape index (κ2) is 5.76. The molecule has 0 saturated heterocycles. The van der Waals surface area contributed by atoms with E-state index in [0.717, 1.165) is 19.5 Å². The number of oxime groups is 1. The van der Waals surface area contributed by atoms with Crippen molar-refractivity contribution in [2.45, 2.75) is 32.6 Å². The number of amidine groups is 1. The van der Waals surface area contributed by atoms with Crippen LogP contribution in [0.5, 0.6) is 0 Å². The van der Waals surface area contributed by atoms with Crippen molar-refractivity contribution >= 4 is 11.5 Å². The highest BCUT2D eigenvalue weighted by Crippen LogP contribution is 2.28. The lowest BCUT2D eigenvalue weighted by molar-refractivity contribution is 0.316. The van der Waals surface area contributed by atoms with Crippen molar-refractivity contribution in [2.24, 2.45) is 10.9 Å². The lowest BCUT2D eigenvalue weighted by atomic mass is 9.99. The van der Waals surface area contributed by atoms with Crippen LogP contribution in [0.4, 0.5) is 5.69 Å². The summed E-state index contributed by atoms with van der Waals surface area (Å²) in [5.41, 5.74) is 9.61. The Hall–Kier alpha value is -1.71. The fraction of sp³-hybridized carbons (Fsp3) is 0.500. The molecule has 4 heteroatoms. The van der Waals surface area contributed by atoms with E-state index in [4.69, 9.17) is 10.9 Å². The van der Waals surface area contributed by atoms with Crippen molar-refractivity contribution in [2.75, 3.05) is 18.0 Å². The van der Waals surface area contributed by atoms with E-state index in [0.29, 0.717) is 12.3 Å². The van der Waals surface area contributed by atoms with Gasteiger partial charge in [0, 0.05) is 25.2 Å². The molecule has 1 heterocycles. The van der Waals surface area contributed by atoms with Crippen LogP contribution in [0, 0.1) is 6.92 Å². The molecular formula is C14H21N3O. The van der Waals surface area contributed by atoms with Crippen LogP contribution in [-0.2, 0) is 6.42 Å². The van der Waals surface area contributed by atoms with E-state index in [1.54, 1.807) is 0 Å². The summed E-state index contributed by atoms with van der Waals surface area (Å²) in [4.78, 5) is 2.41. The summed E-state index contributed by atoms with van der Waals surface area (Å²) in [6, 6.07) is 6.67. The number of hydrogen-bond donors (Lipinski definition) is 2. The van der Waals surface area contributed by atoms with Gasteiger partial charge in [0.2, 0.25) is 0 Å². The van der Waals surface area contributed by atoms with Crippen molar-refractivity contribution < 1.29 is 5.21 Å². The number of nitrogens with zero attached hydrogens (tertiary/aromatic N) is 2. The van der Waals surface area contributed by atoms with E-state index in [1.165, 1.54) is 29.7 Å². The van der Waals surface area contributed by atoms with Gasteiger partial charge in [-0.1, -0.05) is 22.9 Å². The number of nitrogens with two attached hydrogens (primary N) is 1. The standard InChI is InChI=1S/C14H21N3O/c1-11-6-7-13-12(10-11)4-2-8-17(13)9-3-5-14(15)16-18/h6-7,10,18H,2-5,8-9H2,1H3,(H2,15,16). The van der Waals surface area contributed by atoms with Gasteiger partial charge in [-0.25, -0.2) is 0 Å². The lowest BCUT2D eigenvalue weighted by Crippen LogP contribution is -2.31. The van der Waals surface area contributed by atoms with Crippen molar-refractivity contribution in [1.82, 2.24) is 0 Å². The summed E-state index contributed by atoms with van der Waals surface area (Å²) in [5.74, 6) is 0.316. The summed E-state index contributed by atoms with van der Waals surface area (Å²) in [5, 5.41) is 11.5. The normalized spacial score (nSPS) is 15.6. The Bertz CT molecular complexity index is 443. The first-order chi connectivity index (χ1) is 8.70. The summed E-state index contributed by atoms with van der Waals surface area (Å²) in [6.45, 7) is 4.20. The minimum atomic E-state index is 0.316. The monoisotopic (exact) mass is 247 g/mol. The van der Waals surface area contributed by atoms with E-state index in [9.17, 15) is 0 Å². The highest BCUT2D eigenvalue weighted by atomic mass is 16.4. The van der Waals surface area contributed by atoms with Crippen molar-refractivity contribution in [1.29, 1.82) is 0 Å². The van der Waals surface area contributed by atoms with Gasteiger partial charge in [-0.2, -0.15) is 0 Å². The number of anilines is 1. The fourth-order valence-electron chi connectivity index (χ4n) is 2.54. The van der Waals surface area contributed by atoms with E-state index in [1.807, 2.05) is 0 Å². The third-order valence-electron chi connectivity index (χ3n) is 3.44. The SMILES string of the molecule is Cc1ccc2c(c1)CCCN2CCC/C(N)=N/O. The van der Waals surface area contributed by atoms with Crippen LogP contribution in [-0.4, -0.2) is 24.1 Å². The van der Waals surface area contributed by atoms with Gasteiger partial charge in [0.25, 0.3) is 0 Å². The molecule has 0 amide bonds. The van der Waals surface area contributed by atoms with Gasteiger partial charge in [-0.3, -0.25) is 0 Å². The summed E-state index contributed by atoms with van der Waals surface area (Å²) in [7, 11) is 0. The molecule has 2 rings (SSSR count). The molecule has 1 aliphatic heterocycles. The Balaban J connectivity index is 1.99. The second-order valence-corrected chi connectivity index (χ2v) is 4.92. The van der Waals surface area contributed by atoms with Gasteiger partial charge in [0.15, 0.2) is 0 Å². The Morgan fingerprint density at radius 2 is 2.33 bits per heavy atom. The van der Waals surface area contributed by atoms with Gasteiger partial charge in [-0.05, 0) is 37.8 Å². The van der Waals surface area contributed by atoms with Gasteiger partial charge < -0.3 is 15.8 Å². The molecule has 0 spiro atoms. The average Bonchev–Trinajstić information content (AvgIpc) is 2.38. The molecule has 0 saturated carbocycles. The summed E-state index contributed by atoms with van der Waals surface area (Å²) >= 11 is 0. The Labute approximate surface area is 108 Å². The Morgan fingerprint density at radius 3 is 3.11 bits per heavy atom. The van der Waals surface area contributed by atoms with E-state index >= 15 is 0 Å². The highest BCUT2D eigenvalue weighted by Gasteiger charge is 2.16. The minimum absolute atomic E-state index is 0.316. The highest BCUT2D eigenvalue weighted by molar-refractivity contribution is 5.79. The molecule has 4 nitrogen and oxygen atoms in total. The summed E-state index contributed by atoms with van der Waals surface area (Å²) in [6.07, 6.45) is 3.95. The molecule has 0 bridgehead atoms.